The summed E-state index contributed by atoms with van der Waals surface area (Å²) >= 11 is 0. The zero-order chi connectivity index (χ0) is 18.6. The molecule has 0 unspecified atom stereocenters. The van der Waals surface area contributed by atoms with E-state index in [0.29, 0.717) is 0 Å². The third-order valence-electron chi connectivity index (χ3n) is 1.52. The summed E-state index contributed by atoms with van der Waals surface area (Å²) in [5.74, 6) is -0.750. The number of hydrogen-bond donors (Lipinski definition) is 0. The van der Waals surface area contributed by atoms with Crippen LogP contribution in [0.2, 0.25) is 0 Å². The zero-order valence-electron chi connectivity index (χ0n) is 15.5. The van der Waals surface area contributed by atoms with Gasteiger partial charge in [-0.3, -0.25) is 9.59 Å². The van der Waals surface area contributed by atoms with Gasteiger partial charge in [-0.25, -0.2) is 0 Å². The topological polar surface area (TPSA) is 80.3 Å². The van der Waals surface area contributed by atoms with Gasteiger partial charge in [0.1, 0.15) is 0 Å². The van der Waals surface area contributed by atoms with Gasteiger partial charge in [0, 0.05) is 0 Å². The van der Waals surface area contributed by atoms with Crippen LogP contribution in [0.15, 0.2) is 23.7 Å². The molecule has 0 aliphatic rings. The largest absolute Gasteiger partial charge is 4.00 e. The van der Waals surface area contributed by atoms with Crippen LogP contribution in [0.5, 0.6) is 0 Å². The molecule has 0 saturated heterocycles. The summed E-state index contributed by atoms with van der Waals surface area (Å²) in [4.78, 5) is 20.0. The van der Waals surface area contributed by atoms with E-state index in [2.05, 4.69) is 27.7 Å². The molecule has 0 aromatic carbocycles. The van der Waals surface area contributed by atoms with Crippen molar-refractivity contribution in [1.82, 2.24) is 0 Å². The number of carbonyl (C=O) groups excluding carboxylic acids is 2. The Hall–Kier alpha value is -0.781. The fourth-order valence-electron chi connectivity index (χ4n) is 0.572. The predicted octanol–water partition coefficient (Wildman–Crippen LogP) is 2.54. The van der Waals surface area contributed by atoms with Crippen molar-refractivity contribution in [2.24, 2.45) is 0 Å². The molecule has 0 rings (SSSR count). The van der Waals surface area contributed by atoms with E-state index < -0.39 is 0 Å². The molecular weight excluding hydrogens is 399 g/mol. The fourth-order valence-corrected chi connectivity index (χ4v) is 0.572. The summed E-state index contributed by atoms with van der Waals surface area (Å²) in [6, 6.07) is 0. The van der Waals surface area contributed by atoms with Crippen molar-refractivity contribution in [2.45, 2.75) is 67.2 Å². The molecule has 0 amide bonds. The molecule has 132 valence electrons. The van der Waals surface area contributed by atoms with Crippen LogP contribution in [-0.2, 0) is 9.59 Å². The van der Waals surface area contributed by atoms with Crippen LogP contribution in [-0.4, -0.2) is 35.5 Å². The van der Waals surface area contributed by atoms with Gasteiger partial charge in [-0.1, -0.05) is 40.5 Å². The molecule has 0 heterocycles. The summed E-state index contributed by atoms with van der Waals surface area (Å²) in [7, 11) is 0. The van der Waals surface area contributed by atoms with Crippen molar-refractivity contribution in [3.05, 3.63) is 37.5 Å². The van der Waals surface area contributed by atoms with Gasteiger partial charge < -0.3 is 24.1 Å². The smallest absolute Gasteiger partial charge is 0.876 e. The maximum absolute atomic E-state index is 9.98. The SMILES string of the molecule is CC(=O)/C=C(/C)[O-].CC(=O)/C=C(/C)[O-].[CH2-]CCC.[CH2-]CCC.[Sn+4]. The van der Waals surface area contributed by atoms with Crippen molar-refractivity contribution in [1.29, 1.82) is 0 Å². The summed E-state index contributed by atoms with van der Waals surface area (Å²) in [6.45, 7) is 16.8. The molecule has 0 atom stereocenters. The number of unbranched alkanes of at least 4 members (excludes halogenated alkanes) is 2. The molecule has 0 bridgehead atoms. The van der Waals surface area contributed by atoms with Crippen LogP contribution >= 0.6 is 0 Å². The number of hydrogen-bond acceptors (Lipinski definition) is 4. The fraction of sp³-hybridized carbons (Fsp3) is 0.556. The van der Waals surface area contributed by atoms with E-state index in [1.54, 1.807) is 0 Å². The van der Waals surface area contributed by atoms with E-state index >= 15 is 0 Å². The van der Waals surface area contributed by atoms with Crippen molar-refractivity contribution in [3.63, 3.8) is 0 Å². The normalized spacial score (nSPS) is 9.57. The summed E-state index contributed by atoms with van der Waals surface area (Å²) in [5, 5.41) is 20.0. The Balaban J connectivity index is -0.0000000639. The summed E-state index contributed by atoms with van der Waals surface area (Å²) < 4.78 is 0. The van der Waals surface area contributed by atoms with E-state index in [1.807, 2.05) is 0 Å². The van der Waals surface area contributed by atoms with E-state index in [-0.39, 0.29) is 47.0 Å². The number of rotatable bonds is 4. The number of ketones is 2. The van der Waals surface area contributed by atoms with Gasteiger partial charge in [0.15, 0.2) is 11.6 Å². The first-order chi connectivity index (χ1) is 10.1. The first kappa shape index (κ1) is 33.7. The van der Waals surface area contributed by atoms with E-state index in [9.17, 15) is 19.8 Å². The molecule has 0 fully saturated rings. The van der Waals surface area contributed by atoms with Gasteiger partial charge in [-0.05, 0) is 26.0 Å². The Morgan fingerprint density at radius 3 is 0.957 bits per heavy atom. The van der Waals surface area contributed by atoms with Gasteiger partial charge in [0.05, 0.1) is 0 Å². The van der Waals surface area contributed by atoms with Crippen molar-refractivity contribution in [2.75, 3.05) is 0 Å². The second kappa shape index (κ2) is 29.3. The van der Waals surface area contributed by atoms with Gasteiger partial charge in [-0.2, -0.15) is 12.8 Å². The first-order valence-corrected chi connectivity index (χ1v) is 7.39. The van der Waals surface area contributed by atoms with Gasteiger partial charge in [0.2, 0.25) is 0 Å². The van der Waals surface area contributed by atoms with Crippen molar-refractivity contribution in [3.8, 4) is 0 Å². The third-order valence-corrected chi connectivity index (χ3v) is 1.52. The second-order valence-electron chi connectivity index (χ2n) is 4.44. The molecule has 0 aliphatic heterocycles. The van der Waals surface area contributed by atoms with Crippen molar-refractivity contribution < 1.29 is 19.8 Å². The average Bonchev–Trinajstić information content (AvgIpc) is 2.36. The minimum atomic E-state index is -0.187. The zero-order valence-corrected chi connectivity index (χ0v) is 18.4. The Kier molecular flexibility index (Phi) is 42.9. The Labute approximate surface area is 160 Å². The molecule has 0 aromatic rings. The average molecular weight is 431 g/mol. The maximum atomic E-state index is 9.98. The van der Waals surface area contributed by atoms with Crippen LogP contribution in [0.4, 0.5) is 0 Å². The third kappa shape index (κ3) is 92.2. The van der Waals surface area contributed by atoms with Crippen molar-refractivity contribution >= 4 is 35.5 Å². The van der Waals surface area contributed by atoms with Gasteiger partial charge in [0.25, 0.3) is 0 Å². The summed E-state index contributed by atoms with van der Waals surface area (Å²) in [6.07, 6.45) is 6.67. The van der Waals surface area contributed by atoms with E-state index in [4.69, 9.17) is 0 Å². The van der Waals surface area contributed by atoms with Crippen LogP contribution in [0.25, 0.3) is 0 Å². The molecule has 5 heteroatoms. The molecule has 23 heavy (non-hydrogen) atoms. The van der Waals surface area contributed by atoms with Crippen LogP contribution in [0.3, 0.4) is 0 Å². The van der Waals surface area contributed by atoms with Crippen LogP contribution in [0.1, 0.15) is 67.2 Å². The molecule has 0 spiro atoms. The Bertz CT molecular complexity index is 277. The predicted molar refractivity (Wildman–Crippen MR) is 95.2 cm³/mol. The number of carbonyl (C=O) groups is 2. The second-order valence-corrected chi connectivity index (χ2v) is 4.44. The Morgan fingerprint density at radius 2 is 0.957 bits per heavy atom. The van der Waals surface area contributed by atoms with Crippen LogP contribution < -0.4 is 10.2 Å². The molecule has 0 radical (unpaired) electrons. The van der Waals surface area contributed by atoms with Gasteiger partial charge in [-0.15, -0.1) is 11.5 Å². The molecular formula is C18H32O4Sn. The molecule has 0 saturated carbocycles. The molecule has 0 aliphatic carbocycles. The quantitative estimate of drug-likeness (QED) is 0.297. The standard InChI is InChI=1S/2C5H8O2.2C4H9.Sn/c2*1-4(6)3-5(2)7;2*1-3-4-2;/h2*3,6H,1-2H3;2*1,3-4H2,2H3;/q;;2*-1;+4/p-2/b2*4-3-;;;. The molecule has 0 aromatic heterocycles. The molecule has 0 N–H and O–H groups in total. The van der Waals surface area contributed by atoms with Crippen LogP contribution in [0, 0.1) is 13.8 Å². The monoisotopic (exact) mass is 432 g/mol. The first-order valence-electron chi connectivity index (χ1n) is 7.39. The minimum absolute atomic E-state index is 0. The van der Waals surface area contributed by atoms with E-state index in [1.165, 1.54) is 40.5 Å². The van der Waals surface area contributed by atoms with Gasteiger partial charge >= 0.3 is 23.9 Å². The summed E-state index contributed by atoms with van der Waals surface area (Å²) in [5.41, 5.74) is 0. The Morgan fingerprint density at radius 1 is 0.783 bits per heavy atom. The molecule has 4 nitrogen and oxygen atoms in total. The van der Waals surface area contributed by atoms with E-state index in [0.717, 1.165) is 25.0 Å². The minimum Gasteiger partial charge on any atom is -0.876 e. The number of allylic oxidation sites excluding steroid dienone is 4. The maximum Gasteiger partial charge on any atom is 4.00 e.